The van der Waals surface area contributed by atoms with E-state index in [-0.39, 0.29) is 5.75 Å². The first-order valence-corrected chi connectivity index (χ1v) is 5.81. The van der Waals surface area contributed by atoms with E-state index in [1.165, 1.54) is 12.1 Å². The maximum absolute atomic E-state index is 11.9. The van der Waals surface area contributed by atoms with Crippen LogP contribution in [0.4, 0.5) is 18.9 Å². The third-order valence-corrected chi connectivity index (χ3v) is 2.30. The molecule has 0 saturated heterocycles. The third-order valence-electron chi connectivity index (χ3n) is 2.30. The van der Waals surface area contributed by atoms with Gasteiger partial charge in [-0.2, -0.15) is 0 Å². The molecule has 0 aliphatic rings. The minimum atomic E-state index is -4.64. The molecule has 0 saturated carbocycles. The van der Waals surface area contributed by atoms with E-state index in [9.17, 15) is 13.2 Å². The predicted molar refractivity (Wildman–Crippen MR) is 64.5 cm³/mol. The zero-order valence-corrected chi connectivity index (χ0v) is 9.96. The molecule has 0 bridgehead atoms. The summed E-state index contributed by atoms with van der Waals surface area (Å²) in [5.74, 6) is -0.212. The van der Waals surface area contributed by atoms with Gasteiger partial charge in [-0.1, -0.05) is 6.42 Å². The molecule has 1 aromatic rings. The maximum Gasteiger partial charge on any atom is 0.573 e. The largest absolute Gasteiger partial charge is 0.573 e. The van der Waals surface area contributed by atoms with Crippen LogP contribution < -0.4 is 15.8 Å². The second-order valence-corrected chi connectivity index (χ2v) is 3.85. The van der Waals surface area contributed by atoms with Gasteiger partial charge in [-0.3, -0.25) is 0 Å². The smallest absolute Gasteiger partial charge is 0.406 e. The SMILES string of the molecule is NCCCCCNc1ccc(OC(F)(F)F)cc1. The van der Waals surface area contributed by atoms with Crippen molar-refractivity contribution >= 4 is 5.69 Å². The van der Waals surface area contributed by atoms with Crippen LogP contribution in [0.15, 0.2) is 24.3 Å². The molecule has 3 nitrogen and oxygen atoms in total. The highest BCUT2D eigenvalue weighted by Crippen LogP contribution is 2.23. The van der Waals surface area contributed by atoms with Crippen LogP contribution in [0.25, 0.3) is 0 Å². The molecule has 0 amide bonds. The first-order valence-electron chi connectivity index (χ1n) is 5.81. The quantitative estimate of drug-likeness (QED) is 0.742. The fourth-order valence-corrected chi connectivity index (χ4v) is 1.45. The monoisotopic (exact) mass is 262 g/mol. The molecule has 0 fully saturated rings. The Morgan fingerprint density at radius 3 is 2.28 bits per heavy atom. The summed E-state index contributed by atoms with van der Waals surface area (Å²) in [7, 11) is 0. The van der Waals surface area contributed by atoms with Crippen molar-refractivity contribution in [1.82, 2.24) is 0 Å². The van der Waals surface area contributed by atoms with Crippen LogP contribution in [0.5, 0.6) is 5.75 Å². The molecule has 0 spiro atoms. The summed E-state index contributed by atoms with van der Waals surface area (Å²) in [5, 5.41) is 3.12. The number of anilines is 1. The Labute approximate surface area is 104 Å². The molecule has 0 unspecified atom stereocenters. The molecule has 0 aromatic heterocycles. The number of hydrogen-bond acceptors (Lipinski definition) is 3. The lowest BCUT2D eigenvalue weighted by Gasteiger charge is -2.10. The maximum atomic E-state index is 11.9. The van der Waals surface area contributed by atoms with Crippen molar-refractivity contribution in [1.29, 1.82) is 0 Å². The summed E-state index contributed by atoms with van der Waals surface area (Å²) in [6.07, 6.45) is -1.63. The highest BCUT2D eigenvalue weighted by atomic mass is 19.4. The van der Waals surface area contributed by atoms with Gasteiger partial charge >= 0.3 is 6.36 Å². The van der Waals surface area contributed by atoms with Gasteiger partial charge in [-0.15, -0.1) is 13.2 Å². The van der Waals surface area contributed by atoms with Crippen LogP contribution in [0.1, 0.15) is 19.3 Å². The summed E-state index contributed by atoms with van der Waals surface area (Å²) in [5.41, 5.74) is 6.14. The Kier molecular flexibility index (Phi) is 5.77. The Morgan fingerprint density at radius 1 is 1.06 bits per heavy atom. The predicted octanol–water partition coefficient (Wildman–Crippen LogP) is 3.13. The number of nitrogens with one attached hydrogen (secondary N) is 1. The molecule has 0 heterocycles. The molecular weight excluding hydrogens is 245 g/mol. The second-order valence-electron chi connectivity index (χ2n) is 3.85. The summed E-state index contributed by atoms with van der Waals surface area (Å²) in [6, 6.07) is 5.69. The van der Waals surface area contributed by atoms with E-state index in [0.29, 0.717) is 6.54 Å². The minimum absolute atomic E-state index is 0.212. The number of hydrogen-bond donors (Lipinski definition) is 2. The molecule has 0 atom stereocenters. The van der Waals surface area contributed by atoms with Gasteiger partial charge < -0.3 is 15.8 Å². The van der Waals surface area contributed by atoms with Gasteiger partial charge in [0.2, 0.25) is 0 Å². The van der Waals surface area contributed by atoms with Crippen LogP contribution in [-0.4, -0.2) is 19.5 Å². The van der Waals surface area contributed by atoms with Crippen LogP contribution in [0.3, 0.4) is 0 Å². The highest BCUT2D eigenvalue weighted by Gasteiger charge is 2.30. The van der Waals surface area contributed by atoms with E-state index in [4.69, 9.17) is 5.73 Å². The molecule has 6 heteroatoms. The highest BCUT2D eigenvalue weighted by molar-refractivity contribution is 5.46. The second kappa shape index (κ2) is 7.10. The lowest BCUT2D eigenvalue weighted by molar-refractivity contribution is -0.274. The van der Waals surface area contributed by atoms with Crippen LogP contribution >= 0.6 is 0 Å². The standard InChI is InChI=1S/C12H17F3N2O/c13-12(14,15)18-11-6-4-10(5-7-11)17-9-3-1-2-8-16/h4-7,17H,1-3,8-9,16H2. The van der Waals surface area contributed by atoms with Gasteiger partial charge in [0.15, 0.2) is 0 Å². The van der Waals surface area contributed by atoms with Gasteiger partial charge in [0.05, 0.1) is 0 Å². The molecule has 3 N–H and O–H groups in total. The van der Waals surface area contributed by atoms with Crippen LogP contribution in [0, 0.1) is 0 Å². The number of halogens is 3. The van der Waals surface area contributed by atoms with Crippen molar-refractivity contribution in [2.75, 3.05) is 18.4 Å². The number of nitrogens with two attached hydrogens (primary N) is 1. The van der Waals surface area contributed by atoms with Gasteiger partial charge in [0, 0.05) is 12.2 Å². The normalized spacial score (nSPS) is 11.3. The van der Waals surface area contributed by atoms with Crippen molar-refractivity contribution in [3.05, 3.63) is 24.3 Å². The Hall–Kier alpha value is -1.43. The Balaban J connectivity index is 2.32. The Morgan fingerprint density at radius 2 is 1.72 bits per heavy atom. The lowest BCUT2D eigenvalue weighted by atomic mass is 10.2. The number of alkyl halides is 3. The fraction of sp³-hybridized carbons (Fsp3) is 0.500. The molecule has 18 heavy (non-hydrogen) atoms. The van der Waals surface area contributed by atoms with Crippen molar-refractivity contribution in [2.45, 2.75) is 25.6 Å². The number of ether oxygens (including phenoxy) is 1. The summed E-state index contributed by atoms with van der Waals surface area (Å²) in [6.45, 7) is 1.46. The van der Waals surface area contributed by atoms with E-state index in [0.717, 1.165) is 31.5 Å². The van der Waals surface area contributed by atoms with Crippen molar-refractivity contribution in [3.63, 3.8) is 0 Å². The molecule has 0 aliphatic heterocycles. The number of unbranched alkanes of at least 4 members (excludes halogenated alkanes) is 2. The van der Waals surface area contributed by atoms with Gasteiger partial charge in [0.25, 0.3) is 0 Å². The third kappa shape index (κ3) is 6.34. The zero-order valence-electron chi connectivity index (χ0n) is 9.96. The van der Waals surface area contributed by atoms with Crippen molar-refractivity contribution in [3.8, 4) is 5.75 Å². The molecule has 1 rings (SSSR count). The van der Waals surface area contributed by atoms with E-state index in [1.54, 1.807) is 12.1 Å². The van der Waals surface area contributed by atoms with E-state index in [1.807, 2.05) is 0 Å². The fourth-order valence-electron chi connectivity index (χ4n) is 1.45. The topological polar surface area (TPSA) is 47.3 Å². The first-order chi connectivity index (χ1) is 8.51. The number of benzene rings is 1. The van der Waals surface area contributed by atoms with Crippen LogP contribution in [0.2, 0.25) is 0 Å². The lowest BCUT2D eigenvalue weighted by Crippen LogP contribution is -2.17. The molecule has 102 valence electrons. The summed E-state index contributed by atoms with van der Waals surface area (Å²) < 4.78 is 39.5. The van der Waals surface area contributed by atoms with E-state index >= 15 is 0 Å². The van der Waals surface area contributed by atoms with Crippen molar-refractivity contribution < 1.29 is 17.9 Å². The van der Waals surface area contributed by atoms with Gasteiger partial charge in [0.1, 0.15) is 5.75 Å². The average Bonchev–Trinajstić information content (AvgIpc) is 2.29. The zero-order chi connectivity index (χ0) is 13.4. The van der Waals surface area contributed by atoms with E-state index in [2.05, 4.69) is 10.1 Å². The van der Waals surface area contributed by atoms with Gasteiger partial charge in [-0.25, -0.2) is 0 Å². The molecule has 0 aliphatic carbocycles. The minimum Gasteiger partial charge on any atom is -0.406 e. The van der Waals surface area contributed by atoms with Gasteiger partial charge in [-0.05, 0) is 43.7 Å². The molecule has 1 aromatic carbocycles. The first kappa shape index (κ1) is 14.6. The van der Waals surface area contributed by atoms with Crippen molar-refractivity contribution in [2.24, 2.45) is 5.73 Å². The average molecular weight is 262 g/mol. The molecule has 0 radical (unpaired) electrons. The summed E-state index contributed by atoms with van der Waals surface area (Å²) >= 11 is 0. The molecular formula is C12H17F3N2O. The Bertz CT molecular complexity index is 338. The summed E-state index contributed by atoms with van der Waals surface area (Å²) in [4.78, 5) is 0. The van der Waals surface area contributed by atoms with Crippen LogP contribution in [-0.2, 0) is 0 Å². The van der Waals surface area contributed by atoms with E-state index < -0.39 is 6.36 Å². The number of rotatable bonds is 7.